The molecular formula is C22H31BN2OS. The Morgan fingerprint density at radius 1 is 1.33 bits per heavy atom. The first kappa shape index (κ1) is 21.6. The molecule has 2 aliphatic heterocycles. The number of piperidine rings is 1. The summed E-state index contributed by atoms with van der Waals surface area (Å²) in [6, 6.07) is 0. The van der Waals surface area contributed by atoms with Gasteiger partial charge in [-0.2, -0.15) is 0 Å². The van der Waals surface area contributed by atoms with Crippen molar-refractivity contribution >= 4 is 31.2 Å². The summed E-state index contributed by atoms with van der Waals surface area (Å²) in [7, 11) is 2.04. The van der Waals surface area contributed by atoms with E-state index >= 15 is 0 Å². The molecule has 0 saturated carbocycles. The van der Waals surface area contributed by atoms with Crippen LogP contribution in [-0.2, 0) is 4.79 Å². The molecule has 0 aliphatic carbocycles. The van der Waals surface area contributed by atoms with Crippen molar-refractivity contribution in [3.8, 4) is 0 Å². The van der Waals surface area contributed by atoms with Gasteiger partial charge in [0.1, 0.15) is 7.85 Å². The Balaban J connectivity index is 2.02. The van der Waals surface area contributed by atoms with Gasteiger partial charge < -0.3 is 4.90 Å². The highest BCUT2D eigenvalue weighted by Crippen LogP contribution is 2.26. The van der Waals surface area contributed by atoms with Gasteiger partial charge in [0.15, 0.2) is 0 Å². The monoisotopic (exact) mass is 382 g/mol. The van der Waals surface area contributed by atoms with Crippen molar-refractivity contribution in [2.75, 3.05) is 18.8 Å². The molecule has 2 rings (SSSR count). The Morgan fingerprint density at radius 2 is 2.04 bits per heavy atom. The van der Waals surface area contributed by atoms with Crippen molar-refractivity contribution in [2.45, 2.75) is 40.0 Å². The maximum absolute atomic E-state index is 12.5. The first-order valence-corrected chi connectivity index (χ1v) is 10.7. The number of aliphatic imine (C=N–C) groups is 1. The topological polar surface area (TPSA) is 32.7 Å². The van der Waals surface area contributed by atoms with Crippen molar-refractivity contribution in [3.05, 3.63) is 58.6 Å². The van der Waals surface area contributed by atoms with Crippen LogP contribution in [0.25, 0.3) is 0 Å². The molecule has 2 aliphatic rings. The zero-order chi connectivity index (χ0) is 19.8. The molecule has 0 aromatic carbocycles. The van der Waals surface area contributed by atoms with Gasteiger partial charge in [0, 0.05) is 47.2 Å². The van der Waals surface area contributed by atoms with Gasteiger partial charge in [-0.15, -0.1) is 11.8 Å². The molecule has 2 heterocycles. The summed E-state index contributed by atoms with van der Waals surface area (Å²) < 4.78 is 0. The van der Waals surface area contributed by atoms with Crippen molar-refractivity contribution in [2.24, 2.45) is 10.9 Å². The quantitative estimate of drug-likeness (QED) is 0.298. The summed E-state index contributed by atoms with van der Waals surface area (Å²) in [5.41, 5.74) is 4.50. The van der Waals surface area contributed by atoms with Gasteiger partial charge in [-0.3, -0.25) is 9.79 Å². The minimum Gasteiger partial charge on any atom is -0.339 e. The molecule has 0 N–H and O–H groups in total. The van der Waals surface area contributed by atoms with E-state index in [1.807, 2.05) is 43.6 Å². The second kappa shape index (κ2) is 10.6. The van der Waals surface area contributed by atoms with Crippen LogP contribution in [0.5, 0.6) is 0 Å². The van der Waals surface area contributed by atoms with Crippen molar-refractivity contribution in [1.29, 1.82) is 0 Å². The van der Waals surface area contributed by atoms with Crippen LogP contribution in [0.2, 0.25) is 0 Å². The number of rotatable bonds is 6. The van der Waals surface area contributed by atoms with Gasteiger partial charge in [0.2, 0.25) is 5.91 Å². The zero-order valence-electron chi connectivity index (χ0n) is 17.1. The van der Waals surface area contributed by atoms with Crippen molar-refractivity contribution in [1.82, 2.24) is 4.90 Å². The summed E-state index contributed by atoms with van der Waals surface area (Å²) in [6.07, 6.45) is 13.0. The maximum atomic E-state index is 12.5. The van der Waals surface area contributed by atoms with Crippen molar-refractivity contribution < 1.29 is 4.79 Å². The summed E-state index contributed by atoms with van der Waals surface area (Å²) in [5.74, 6) is 1.65. The third kappa shape index (κ3) is 6.73. The fourth-order valence-corrected chi connectivity index (χ4v) is 4.05. The van der Waals surface area contributed by atoms with Crippen LogP contribution in [0.4, 0.5) is 0 Å². The molecule has 1 fully saturated rings. The molecule has 0 spiro atoms. The second-order valence-electron chi connectivity index (χ2n) is 7.41. The number of carbonyl (C=O) groups excluding carboxylic acids is 1. The van der Waals surface area contributed by atoms with Crippen LogP contribution >= 0.6 is 11.8 Å². The Morgan fingerprint density at radius 3 is 2.59 bits per heavy atom. The second-order valence-corrected chi connectivity index (χ2v) is 8.58. The standard InChI is InChI=1S/C22H31BN2OS/c1-5-20(23)17(4)24-21(15-16(2)3)18-10-12-25(13-11-18)22(26)9-8-19-7-6-14-27-19/h5,7-9,15,18H,1,6,10-14,23H2,2-4H3/b9-8+,20-17-,24-21+. The highest BCUT2D eigenvalue weighted by atomic mass is 32.2. The van der Waals surface area contributed by atoms with E-state index in [1.54, 1.807) is 6.08 Å². The number of amides is 1. The molecule has 5 heteroatoms. The third-order valence-electron chi connectivity index (χ3n) is 4.96. The van der Waals surface area contributed by atoms with E-state index in [2.05, 4.69) is 32.6 Å². The molecule has 0 bridgehead atoms. The Bertz CT molecular complexity index is 719. The number of nitrogens with zero attached hydrogens (tertiary/aromatic N) is 2. The lowest BCUT2D eigenvalue weighted by Gasteiger charge is -2.31. The van der Waals surface area contributed by atoms with E-state index in [9.17, 15) is 4.79 Å². The van der Waals surface area contributed by atoms with Crippen LogP contribution in [0.15, 0.2) is 63.6 Å². The normalized spacial score (nSPS) is 19.7. The lowest BCUT2D eigenvalue weighted by Crippen LogP contribution is -2.39. The van der Waals surface area contributed by atoms with Crippen molar-refractivity contribution in [3.63, 3.8) is 0 Å². The molecule has 0 atom stereocenters. The highest BCUT2D eigenvalue weighted by molar-refractivity contribution is 8.03. The van der Waals surface area contributed by atoms with Gasteiger partial charge in [-0.25, -0.2) is 0 Å². The highest BCUT2D eigenvalue weighted by Gasteiger charge is 2.24. The summed E-state index contributed by atoms with van der Waals surface area (Å²) in [5, 5.41) is 0. The lowest BCUT2D eigenvalue weighted by atomic mass is 9.90. The smallest absolute Gasteiger partial charge is 0.246 e. The molecule has 144 valence electrons. The SMILES string of the molecule is B/C(C=C)=C(C)\N=C(/C=C(C)C)C1CCN(C(=O)/C=C/C2=CCCS2)CC1. The molecule has 27 heavy (non-hydrogen) atoms. The number of allylic oxidation sites excluding steroid dienone is 7. The van der Waals surface area contributed by atoms with Gasteiger partial charge in [0.05, 0.1) is 0 Å². The number of carbonyl (C=O) groups is 1. The fraction of sp³-hybridized carbons (Fsp3) is 0.455. The summed E-state index contributed by atoms with van der Waals surface area (Å²) in [6.45, 7) is 11.7. The molecule has 0 unspecified atom stereocenters. The Kier molecular flexibility index (Phi) is 8.42. The minimum absolute atomic E-state index is 0.126. The lowest BCUT2D eigenvalue weighted by molar-refractivity contribution is -0.127. The van der Waals surface area contributed by atoms with E-state index in [0.717, 1.165) is 55.0 Å². The maximum Gasteiger partial charge on any atom is 0.246 e. The predicted molar refractivity (Wildman–Crippen MR) is 122 cm³/mol. The molecule has 0 radical (unpaired) electrons. The van der Waals surface area contributed by atoms with Crippen LogP contribution in [0.3, 0.4) is 0 Å². The van der Waals surface area contributed by atoms with Crippen LogP contribution in [-0.4, -0.2) is 43.2 Å². The number of thioether (sulfide) groups is 1. The zero-order valence-corrected chi connectivity index (χ0v) is 17.9. The molecule has 1 saturated heterocycles. The molecule has 0 aromatic heterocycles. The average Bonchev–Trinajstić information content (AvgIpc) is 3.18. The van der Waals surface area contributed by atoms with Gasteiger partial charge >= 0.3 is 0 Å². The van der Waals surface area contributed by atoms with Crippen LogP contribution in [0, 0.1) is 5.92 Å². The number of hydrogen-bond acceptors (Lipinski definition) is 3. The number of likely N-dealkylation sites (tertiary alicyclic amines) is 1. The average molecular weight is 382 g/mol. The van der Waals surface area contributed by atoms with E-state index in [1.165, 1.54) is 10.5 Å². The largest absolute Gasteiger partial charge is 0.339 e. The van der Waals surface area contributed by atoms with E-state index in [0.29, 0.717) is 5.92 Å². The van der Waals surface area contributed by atoms with E-state index in [4.69, 9.17) is 4.99 Å². The predicted octanol–water partition coefficient (Wildman–Crippen LogP) is 4.26. The first-order valence-electron chi connectivity index (χ1n) is 9.74. The fourth-order valence-electron chi connectivity index (χ4n) is 3.17. The molecular weight excluding hydrogens is 351 g/mol. The molecule has 3 nitrogen and oxygen atoms in total. The minimum atomic E-state index is 0.126. The van der Waals surface area contributed by atoms with Gasteiger partial charge in [0.25, 0.3) is 0 Å². The summed E-state index contributed by atoms with van der Waals surface area (Å²) >= 11 is 1.82. The third-order valence-corrected chi connectivity index (χ3v) is 6.03. The Hall–Kier alpha value is -1.75. The van der Waals surface area contributed by atoms with Gasteiger partial charge in [-0.05, 0) is 52.2 Å². The molecule has 0 aromatic rings. The first-order chi connectivity index (χ1) is 12.9. The van der Waals surface area contributed by atoms with E-state index in [-0.39, 0.29) is 5.91 Å². The van der Waals surface area contributed by atoms with Crippen LogP contribution in [0.1, 0.15) is 40.0 Å². The van der Waals surface area contributed by atoms with E-state index < -0.39 is 0 Å². The van der Waals surface area contributed by atoms with Crippen LogP contribution < -0.4 is 0 Å². The number of hydrogen-bond donors (Lipinski definition) is 0. The Labute approximate surface area is 169 Å². The molecule has 1 amide bonds. The van der Waals surface area contributed by atoms with Gasteiger partial charge in [-0.1, -0.05) is 29.8 Å². The summed E-state index contributed by atoms with van der Waals surface area (Å²) in [4.78, 5) is 20.5.